The lowest BCUT2D eigenvalue weighted by molar-refractivity contribution is -0.119. The number of furan rings is 1. The van der Waals surface area contributed by atoms with Crippen molar-refractivity contribution < 1.29 is 23.5 Å². The second-order valence-corrected chi connectivity index (χ2v) is 6.89. The van der Waals surface area contributed by atoms with Gasteiger partial charge in [-0.2, -0.15) is 0 Å². The molecule has 2 aromatic carbocycles. The highest BCUT2D eigenvalue weighted by molar-refractivity contribution is 5.98. The van der Waals surface area contributed by atoms with E-state index in [0.29, 0.717) is 22.8 Å². The number of methoxy groups -OCH3 is 1. The first kappa shape index (κ1) is 20.6. The standard InChI is InChI=1S/C23H25NO5/c1-4-15(2)16-9-11-17(12-10-16)24-21(25)14-28-23(26)22-19(13-27-3)18-7-5-6-8-20(18)29-22/h5-12,15H,4,13-14H2,1-3H3,(H,24,25)/t15-/m0/s1. The molecule has 0 aliphatic rings. The number of benzene rings is 2. The normalized spacial score (nSPS) is 12.0. The van der Waals surface area contributed by atoms with Gasteiger partial charge in [0.1, 0.15) is 5.58 Å². The van der Waals surface area contributed by atoms with Crippen molar-refractivity contribution in [2.75, 3.05) is 19.0 Å². The third-order valence-electron chi connectivity index (χ3n) is 4.88. The molecule has 29 heavy (non-hydrogen) atoms. The number of ether oxygens (including phenoxy) is 2. The molecular weight excluding hydrogens is 370 g/mol. The fraction of sp³-hybridized carbons (Fsp3) is 0.304. The Labute approximate surface area is 169 Å². The molecule has 0 aliphatic carbocycles. The summed E-state index contributed by atoms with van der Waals surface area (Å²) in [5, 5.41) is 3.51. The lowest BCUT2D eigenvalue weighted by Gasteiger charge is -2.10. The van der Waals surface area contributed by atoms with Crippen LogP contribution < -0.4 is 5.32 Å². The number of amides is 1. The van der Waals surface area contributed by atoms with Crippen molar-refractivity contribution in [3.05, 3.63) is 65.4 Å². The van der Waals surface area contributed by atoms with Crippen molar-refractivity contribution in [3.63, 3.8) is 0 Å². The molecule has 1 aromatic heterocycles. The third kappa shape index (κ3) is 4.84. The van der Waals surface area contributed by atoms with Crippen LogP contribution in [0, 0.1) is 0 Å². The summed E-state index contributed by atoms with van der Waals surface area (Å²) in [7, 11) is 1.54. The summed E-state index contributed by atoms with van der Waals surface area (Å²) in [5.41, 5.74) is 3.04. The van der Waals surface area contributed by atoms with Crippen molar-refractivity contribution in [1.29, 1.82) is 0 Å². The molecule has 0 fully saturated rings. The van der Waals surface area contributed by atoms with Gasteiger partial charge in [0.25, 0.3) is 5.91 Å². The van der Waals surface area contributed by atoms with Crippen LogP contribution >= 0.6 is 0 Å². The van der Waals surface area contributed by atoms with Gasteiger partial charge in [-0.1, -0.05) is 44.2 Å². The number of carbonyl (C=O) groups excluding carboxylic acids is 2. The lowest BCUT2D eigenvalue weighted by Crippen LogP contribution is -2.21. The first-order valence-corrected chi connectivity index (χ1v) is 9.59. The Morgan fingerprint density at radius 3 is 2.52 bits per heavy atom. The van der Waals surface area contributed by atoms with Crippen LogP contribution in [-0.4, -0.2) is 25.6 Å². The molecule has 1 N–H and O–H groups in total. The lowest BCUT2D eigenvalue weighted by atomic mass is 9.99. The Balaban J connectivity index is 1.62. The van der Waals surface area contributed by atoms with Crippen LogP contribution in [0.1, 0.15) is 47.9 Å². The van der Waals surface area contributed by atoms with E-state index in [1.54, 1.807) is 6.07 Å². The van der Waals surface area contributed by atoms with Gasteiger partial charge in [-0.05, 0) is 36.1 Å². The van der Waals surface area contributed by atoms with Crippen molar-refractivity contribution in [3.8, 4) is 0 Å². The van der Waals surface area contributed by atoms with Crippen molar-refractivity contribution in [2.24, 2.45) is 0 Å². The summed E-state index contributed by atoms with van der Waals surface area (Å²) < 4.78 is 16.0. The first-order valence-electron chi connectivity index (χ1n) is 9.59. The molecule has 1 heterocycles. The highest BCUT2D eigenvalue weighted by Crippen LogP contribution is 2.27. The highest BCUT2D eigenvalue weighted by Gasteiger charge is 2.22. The molecule has 1 atom stereocenters. The van der Waals surface area contributed by atoms with Gasteiger partial charge in [-0.15, -0.1) is 0 Å². The second kappa shape index (κ2) is 9.39. The molecule has 1 amide bonds. The minimum absolute atomic E-state index is 0.0544. The van der Waals surface area contributed by atoms with Gasteiger partial charge < -0.3 is 19.2 Å². The van der Waals surface area contributed by atoms with E-state index in [1.807, 2.05) is 42.5 Å². The Morgan fingerprint density at radius 2 is 1.83 bits per heavy atom. The van der Waals surface area contributed by atoms with Gasteiger partial charge in [0.05, 0.1) is 6.61 Å². The maximum absolute atomic E-state index is 12.5. The smallest absolute Gasteiger partial charge is 0.375 e. The first-order chi connectivity index (χ1) is 14.0. The second-order valence-electron chi connectivity index (χ2n) is 6.89. The van der Waals surface area contributed by atoms with Crippen molar-refractivity contribution in [2.45, 2.75) is 32.8 Å². The number of esters is 1. The average molecular weight is 395 g/mol. The summed E-state index contributed by atoms with van der Waals surface area (Å²) in [6, 6.07) is 14.9. The van der Waals surface area contributed by atoms with Crippen LogP contribution in [0.3, 0.4) is 0 Å². The predicted molar refractivity (Wildman–Crippen MR) is 111 cm³/mol. The van der Waals surface area contributed by atoms with Gasteiger partial charge in [0.2, 0.25) is 5.76 Å². The van der Waals surface area contributed by atoms with E-state index in [2.05, 4.69) is 19.2 Å². The third-order valence-corrected chi connectivity index (χ3v) is 4.88. The Hall–Kier alpha value is -3.12. The van der Waals surface area contributed by atoms with Crippen molar-refractivity contribution in [1.82, 2.24) is 0 Å². The monoisotopic (exact) mass is 395 g/mol. The maximum atomic E-state index is 12.5. The van der Waals surface area contributed by atoms with E-state index in [-0.39, 0.29) is 12.4 Å². The van der Waals surface area contributed by atoms with Crippen LogP contribution in [0.5, 0.6) is 0 Å². The molecule has 0 spiro atoms. The number of hydrogen-bond donors (Lipinski definition) is 1. The van der Waals surface area contributed by atoms with Gasteiger partial charge in [-0.3, -0.25) is 4.79 Å². The molecule has 0 saturated heterocycles. The quantitative estimate of drug-likeness (QED) is 0.550. The van der Waals surface area contributed by atoms with Crippen molar-refractivity contribution >= 4 is 28.5 Å². The zero-order valence-electron chi connectivity index (χ0n) is 16.9. The predicted octanol–water partition coefficient (Wildman–Crippen LogP) is 4.89. The van der Waals surface area contributed by atoms with Crippen LogP contribution in [0.2, 0.25) is 0 Å². The molecule has 6 heteroatoms. The van der Waals surface area contributed by atoms with E-state index in [1.165, 1.54) is 12.7 Å². The number of rotatable bonds is 8. The van der Waals surface area contributed by atoms with E-state index < -0.39 is 18.5 Å². The Bertz CT molecular complexity index is 990. The maximum Gasteiger partial charge on any atom is 0.375 e. The molecule has 152 valence electrons. The summed E-state index contributed by atoms with van der Waals surface area (Å²) in [5.74, 6) is -0.598. The SMILES string of the molecule is CC[C@H](C)c1ccc(NC(=O)COC(=O)c2oc3ccccc3c2COC)cc1. The minimum Gasteiger partial charge on any atom is -0.450 e. The summed E-state index contributed by atoms with van der Waals surface area (Å²) in [6.07, 6.45) is 1.05. The van der Waals surface area contributed by atoms with Gasteiger partial charge >= 0.3 is 5.97 Å². The summed E-state index contributed by atoms with van der Waals surface area (Å²) in [6.45, 7) is 4.09. The van der Waals surface area contributed by atoms with Crippen LogP contribution in [-0.2, 0) is 20.9 Å². The largest absolute Gasteiger partial charge is 0.450 e. The number of anilines is 1. The molecule has 3 aromatic rings. The number of carbonyl (C=O) groups is 2. The van der Waals surface area contributed by atoms with E-state index in [0.717, 1.165) is 11.8 Å². The molecule has 0 bridgehead atoms. The van der Waals surface area contributed by atoms with Gasteiger partial charge in [0.15, 0.2) is 6.61 Å². The number of para-hydroxylation sites is 1. The average Bonchev–Trinajstić information content (AvgIpc) is 3.11. The summed E-state index contributed by atoms with van der Waals surface area (Å²) >= 11 is 0. The van der Waals surface area contributed by atoms with E-state index >= 15 is 0 Å². The number of nitrogens with one attached hydrogen (secondary N) is 1. The molecule has 0 saturated carbocycles. The van der Waals surface area contributed by atoms with Crippen LogP contribution in [0.4, 0.5) is 5.69 Å². The van der Waals surface area contributed by atoms with E-state index in [9.17, 15) is 9.59 Å². The topological polar surface area (TPSA) is 77.8 Å². The van der Waals surface area contributed by atoms with Gasteiger partial charge in [0, 0.05) is 23.7 Å². The Morgan fingerprint density at radius 1 is 1.10 bits per heavy atom. The zero-order chi connectivity index (χ0) is 20.8. The Kier molecular flexibility index (Phi) is 6.67. The molecule has 0 radical (unpaired) electrons. The van der Waals surface area contributed by atoms with Gasteiger partial charge in [-0.25, -0.2) is 4.79 Å². The molecular formula is C23H25NO5. The molecule has 0 unspecified atom stereocenters. The fourth-order valence-electron chi connectivity index (χ4n) is 3.08. The number of fused-ring (bicyclic) bond motifs is 1. The molecule has 6 nitrogen and oxygen atoms in total. The minimum atomic E-state index is -0.699. The summed E-state index contributed by atoms with van der Waals surface area (Å²) in [4.78, 5) is 24.6. The highest BCUT2D eigenvalue weighted by atomic mass is 16.5. The van der Waals surface area contributed by atoms with Crippen LogP contribution in [0.25, 0.3) is 11.0 Å². The number of hydrogen-bond acceptors (Lipinski definition) is 5. The fourth-order valence-corrected chi connectivity index (χ4v) is 3.08. The van der Waals surface area contributed by atoms with Crippen LogP contribution in [0.15, 0.2) is 52.9 Å². The van der Waals surface area contributed by atoms with E-state index in [4.69, 9.17) is 13.9 Å². The molecule has 0 aliphatic heterocycles. The zero-order valence-corrected chi connectivity index (χ0v) is 16.9. The molecule has 3 rings (SSSR count).